The molecule has 3 aliphatic rings. The van der Waals surface area contributed by atoms with Crippen molar-refractivity contribution in [1.29, 1.82) is 0 Å². The molecule has 188 valence electrons. The van der Waals surface area contributed by atoms with Crippen LogP contribution in [-0.4, -0.2) is 60.7 Å². The highest BCUT2D eigenvalue weighted by atomic mass is 19.1. The van der Waals surface area contributed by atoms with E-state index in [1.54, 1.807) is 24.1 Å². The Bertz CT molecular complexity index is 1010. The first-order valence-electron chi connectivity index (χ1n) is 12.8. The Balaban J connectivity index is 1.01. The largest absolute Gasteiger partial charge is 0.493 e. The first-order valence-corrected chi connectivity index (χ1v) is 12.8. The van der Waals surface area contributed by atoms with Crippen LogP contribution in [0.4, 0.5) is 10.3 Å². The molecular weight excluding hydrogens is 447 g/mol. The van der Waals surface area contributed by atoms with Gasteiger partial charge in [0.15, 0.2) is 0 Å². The Labute approximate surface area is 206 Å². The number of halogens is 1. The lowest BCUT2D eigenvalue weighted by molar-refractivity contribution is -0.133. The van der Waals surface area contributed by atoms with E-state index in [-0.39, 0.29) is 18.1 Å². The number of methoxy groups -OCH3 is 1. The van der Waals surface area contributed by atoms with Gasteiger partial charge in [-0.2, -0.15) is 0 Å². The molecule has 0 spiro atoms. The van der Waals surface area contributed by atoms with Crippen LogP contribution < -0.4 is 9.64 Å². The molecule has 2 saturated heterocycles. The molecule has 1 aromatic heterocycles. The smallest absolute Gasteiger partial charge is 0.227 e. The van der Waals surface area contributed by atoms with Crippen molar-refractivity contribution in [3.63, 3.8) is 0 Å². The van der Waals surface area contributed by atoms with Crippen molar-refractivity contribution in [2.24, 2.45) is 17.8 Å². The summed E-state index contributed by atoms with van der Waals surface area (Å²) < 4.78 is 25.4. The SMILES string of the molecule is COCc1cnc(N2CCC([C@@H]3C[C@H]3CCOc3ccc(CC(=O)N4CCC4)c(F)c3)CC2)nc1. The predicted octanol–water partition coefficient (Wildman–Crippen LogP) is 3.86. The van der Waals surface area contributed by atoms with Crippen LogP contribution in [0.1, 0.15) is 43.2 Å². The van der Waals surface area contributed by atoms with Crippen LogP contribution in [0.5, 0.6) is 5.75 Å². The normalized spacial score (nSPS) is 22.1. The number of hydrogen-bond donors (Lipinski definition) is 0. The number of benzene rings is 1. The molecule has 0 N–H and O–H groups in total. The summed E-state index contributed by atoms with van der Waals surface area (Å²) in [6.45, 7) is 4.73. The molecule has 1 aliphatic carbocycles. The fourth-order valence-corrected chi connectivity index (χ4v) is 5.39. The van der Waals surface area contributed by atoms with E-state index in [2.05, 4.69) is 14.9 Å². The molecular formula is C27H35FN4O3. The standard InChI is InChI=1S/C27H35FN4O3/c1-34-18-19-16-29-27(30-17-19)32-10-5-20(6-11-32)24-13-21(24)7-12-35-23-4-3-22(25(28)15-23)14-26(33)31-8-2-9-31/h3-4,15-17,20-21,24H,2,5-14,18H2,1H3/t21-,24+/m1/s1. The first kappa shape index (κ1) is 24.0. The van der Waals surface area contributed by atoms with Crippen molar-refractivity contribution in [3.8, 4) is 5.75 Å². The van der Waals surface area contributed by atoms with Crippen LogP contribution in [0.2, 0.25) is 0 Å². The molecule has 0 radical (unpaired) electrons. The zero-order valence-corrected chi connectivity index (χ0v) is 20.5. The van der Waals surface area contributed by atoms with E-state index < -0.39 is 0 Å². The highest BCUT2D eigenvalue weighted by molar-refractivity contribution is 5.79. The highest BCUT2D eigenvalue weighted by Crippen LogP contribution is 2.49. The minimum absolute atomic E-state index is 0.00179. The van der Waals surface area contributed by atoms with Gasteiger partial charge in [-0.05, 0) is 61.5 Å². The molecule has 2 aromatic rings. The Morgan fingerprint density at radius 3 is 2.57 bits per heavy atom. The van der Waals surface area contributed by atoms with Crippen molar-refractivity contribution < 1.29 is 18.7 Å². The summed E-state index contributed by atoms with van der Waals surface area (Å²) in [5.41, 5.74) is 1.43. The van der Waals surface area contributed by atoms with Crippen LogP contribution >= 0.6 is 0 Å². The summed E-state index contributed by atoms with van der Waals surface area (Å²) in [4.78, 5) is 25.1. The van der Waals surface area contributed by atoms with Crippen LogP contribution in [0.3, 0.4) is 0 Å². The van der Waals surface area contributed by atoms with Gasteiger partial charge in [0, 0.05) is 57.3 Å². The molecule has 2 atom stereocenters. The molecule has 8 heteroatoms. The molecule has 2 aliphatic heterocycles. The average molecular weight is 483 g/mol. The van der Waals surface area contributed by atoms with Crippen molar-refractivity contribution in [3.05, 3.63) is 47.5 Å². The van der Waals surface area contributed by atoms with Gasteiger partial charge >= 0.3 is 0 Å². The van der Waals surface area contributed by atoms with E-state index in [4.69, 9.17) is 9.47 Å². The average Bonchev–Trinajstić information content (AvgIpc) is 3.60. The predicted molar refractivity (Wildman–Crippen MR) is 131 cm³/mol. The summed E-state index contributed by atoms with van der Waals surface area (Å²) in [7, 11) is 1.67. The zero-order chi connectivity index (χ0) is 24.2. The van der Waals surface area contributed by atoms with Gasteiger partial charge in [0.25, 0.3) is 0 Å². The van der Waals surface area contributed by atoms with Gasteiger partial charge in [0.1, 0.15) is 11.6 Å². The van der Waals surface area contributed by atoms with E-state index in [9.17, 15) is 9.18 Å². The lowest BCUT2D eigenvalue weighted by Gasteiger charge is -2.32. The summed E-state index contributed by atoms with van der Waals surface area (Å²) in [6, 6.07) is 4.89. The minimum atomic E-state index is -0.357. The van der Waals surface area contributed by atoms with Crippen molar-refractivity contribution in [2.45, 2.75) is 45.1 Å². The Morgan fingerprint density at radius 1 is 1.14 bits per heavy atom. The second-order valence-corrected chi connectivity index (χ2v) is 10.1. The fourth-order valence-electron chi connectivity index (χ4n) is 5.39. The van der Waals surface area contributed by atoms with E-state index in [0.717, 1.165) is 62.4 Å². The monoisotopic (exact) mass is 482 g/mol. The number of amides is 1. The number of aromatic nitrogens is 2. The minimum Gasteiger partial charge on any atom is -0.493 e. The molecule has 1 aromatic carbocycles. The van der Waals surface area contributed by atoms with Crippen molar-refractivity contribution in [2.75, 3.05) is 44.8 Å². The quantitative estimate of drug-likeness (QED) is 0.512. The number of nitrogens with zero attached hydrogens (tertiary/aromatic N) is 4. The third-order valence-electron chi connectivity index (χ3n) is 7.74. The topological polar surface area (TPSA) is 67.8 Å². The maximum Gasteiger partial charge on any atom is 0.227 e. The second-order valence-electron chi connectivity index (χ2n) is 10.1. The summed E-state index contributed by atoms with van der Waals surface area (Å²) in [5, 5.41) is 0. The summed E-state index contributed by atoms with van der Waals surface area (Å²) >= 11 is 0. The molecule has 35 heavy (non-hydrogen) atoms. The van der Waals surface area contributed by atoms with Gasteiger partial charge in [0.2, 0.25) is 11.9 Å². The Kier molecular flexibility index (Phi) is 7.46. The molecule has 5 rings (SSSR count). The number of rotatable bonds is 10. The molecule has 3 heterocycles. The maximum atomic E-state index is 14.4. The third kappa shape index (κ3) is 5.92. The van der Waals surface area contributed by atoms with E-state index in [1.165, 1.54) is 25.3 Å². The zero-order valence-electron chi connectivity index (χ0n) is 20.5. The number of anilines is 1. The maximum absolute atomic E-state index is 14.4. The number of likely N-dealkylation sites (tertiary alicyclic amines) is 1. The first-order chi connectivity index (χ1) is 17.1. The number of hydrogen-bond acceptors (Lipinski definition) is 6. The highest BCUT2D eigenvalue weighted by Gasteiger charge is 2.43. The molecule has 1 saturated carbocycles. The summed E-state index contributed by atoms with van der Waals surface area (Å²) in [6.07, 6.45) is 9.49. The molecule has 3 fully saturated rings. The van der Waals surface area contributed by atoms with E-state index in [0.29, 0.717) is 30.4 Å². The lowest BCUT2D eigenvalue weighted by Crippen LogP contribution is -2.42. The number of carbonyl (C=O) groups excluding carboxylic acids is 1. The second kappa shape index (κ2) is 10.9. The third-order valence-corrected chi connectivity index (χ3v) is 7.74. The number of ether oxygens (including phenoxy) is 2. The van der Waals surface area contributed by atoms with Crippen LogP contribution in [0.25, 0.3) is 0 Å². The number of carbonyl (C=O) groups is 1. The Morgan fingerprint density at radius 2 is 1.91 bits per heavy atom. The van der Waals surface area contributed by atoms with Crippen molar-refractivity contribution in [1.82, 2.24) is 14.9 Å². The van der Waals surface area contributed by atoms with E-state index >= 15 is 0 Å². The molecule has 0 bridgehead atoms. The van der Waals surface area contributed by atoms with Gasteiger partial charge < -0.3 is 19.3 Å². The fraction of sp³-hybridized carbons (Fsp3) is 0.593. The Hall–Kier alpha value is -2.74. The van der Waals surface area contributed by atoms with Gasteiger partial charge in [-0.1, -0.05) is 6.07 Å². The number of piperidine rings is 1. The molecule has 1 amide bonds. The molecule has 0 unspecified atom stereocenters. The summed E-state index contributed by atoms with van der Waals surface area (Å²) in [5.74, 6) is 3.24. The lowest BCUT2D eigenvalue weighted by atomic mass is 9.90. The van der Waals surface area contributed by atoms with Gasteiger partial charge in [-0.3, -0.25) is 4.79 Å². The van der Waals surface area contributed by atoms with Gasteiger partial charge in [-0.25, -0.2) is 14.4 Å². The molecule has 7 nitrogen and oxygen atoms in total. The van der Waals surface area contributed by atoms with Crippen LogP contribution in [0.15, 0.2) is 30.6 Å². The van der Waals surface area contributed by atoms with Gasteiger partial charge in [0.05, 0.1) is 19.6 Å². The van der Waals surface area contributed by atoms with E-state index in [1.807, 2.05) is 12.4 Å². The van der Waals surface area contributed by atoms with Crippen LogP contribution in [-0.2, 0) is 22.6 Å². The van der Waals surface area contributed by atoms with Crippen molar-refractivity contribution >= 4 is 11.9 Å². The van der Waals surface area contributed by atoms with Gasteiger partial charge in [-0.15, -0.1) is 0 Å². The van der Waals surface area contributed by atoms with Crippen LogP contribution in [0, 0.1) is 23.6 Å².